The van der Waals surface area contributed by atoms with Crippen molar-refractivity contribution in [3.05, 3.63) is 29.3 Å². The van der Waals surface area contributed by atoms with E-state index < -0.39 is 0 Å². The lowest BCUT2D eigenvalue weighted by molar-refractivity contribution is 0.0988. The van der Waals surface area contributed by atoms with E-state index in [1.165, 1.54) is 22.6 Å². The predicted octanol–water partition coefficient (Wildman–Crippen LogP) is 3.32. The molecule has 0 bridgehead atoms. The van der Waals surface area contributed by atoms with Gasteiger partial charge < -0.3 is 0 Å². The summed E-state index contributed by atoms with van der Waals surface area (Å²) in [7, 11) is 0. The van der Waals surface area contributed by atoms with E-state index in [0.717, 1.165) is 12.0 Å². The summed E-state index contributed by atoms with van der Waals surface area (Å²) in [5.41, 5.74) is 2.24. The molecule has 0 radical (unpaired) electrons. The maximum Gasteiger partial charge on any atom is 0.162 e. The normalized spacial score (nSPS) is 14.9. The molecule has 14 heavy (non-hydrogen) atoms. The number of Topliss-reactive ketones (excluding diaryl/α,β-unsaturated/α-hetero) is 1. The van der Waals surface area contributed by atoms with Crippen LogP contribution < -0.4 is 0 Å². The van der Waals surface area contributed by atoms with Gasteiger partial charge in [-0.25, -0.2) is 0 Å². The van der Waals surface area contributed by atoms with Gasteiger partial charge in [0.05, 0.1) is 0 Å². The molecular weight excluding hydrogens is 192 g/mol. The summed E-state index contributed by atoms with van der Waals surface area (Å²) in [6, 6.07) is 6.14. The third-order valence-electron chi connectivity index (χ3n) is 2.55. The zero-order chi connectivity index (χ0) is 9.97. The van der Waals surface area contributed by atoms with E-state index in [4.69, 9.17) is 0 Å². The number of benzene rings is 1. The molecule has 0 unspecified atom stereocenters. The fraction of sp³-hybridized carbons (Fsp3) is 0.417. The number of hydrogen-bond acceptors (Lipinski definition) is 2. The molecule has 0 amide bonds. The SMILES string of the molecule is CCC(=O)c1ccc2c(c1)CCCS2. The molecule has 0 spiro atoms. The van der Waals surface area contributed by atoms with Crippen molar-refractivity contribution >= 4 is 17.5 Å². The molecule has 0 aliphatic carbocycles. The summed E-state index contributed by atoms with van der Waals surface area (Å²) in [4.78, 5) is 12.9. The van der Waals surface area contributed by atoms with Gasteiger partial charge in [0.1, 0.15) is 0 Å². The number of aryl methyl sites for hydroxylation is 1. The van der Waals surface area contributed by atoms with Gasteiger partial charge in [0.2, 0.25) is 0 Å². The van der Waals surface area contributed by atoms with Crippen LogP contribution in [-0.4, -0.2) is 11.5 Å². The molecule has 1 aliphatic heterocycles. The van der Waals surface area contributed by atoms with Crippen LogP contribution in [0.25, 0.3) is 0 Å². The number of fused-ring (bicyclic) bond motifs is 1. The Morgan fingerprint density at radius 2 is 2.36 bits per heavy atom. The van der Waals surface area contributed by atoms with Crippen LogP contribution in [0, 0.1) is 0 Å². The maximum absolute atomic E-state index is 11.5. The molecule has 0 saturated carbocycles. The first-order valence-corrected chi connectivity index (χ1v) is 6.08. The largest absolute Gasteiger partial charge is 0.294 e. The lowest BCUT2D eigenvalue weighted by Gasteiger charge is -2.15. The van der Waals surface area contributed by atoms with Crippen molar-refractivity contribution in [3.63, 3.8) is 0 Å². The molecule has 0 N–H and O–H groups in total. The highest BCUT2D eigenvalue weighted by atomic mass is 32.2. The molecule has 0 aromatic heterocycles. The molecule has 2 heteroatoms. The summed E-state index contributed by atoms with van der Waals surface area (Å²) in [5, 5.41) is 0. The molecule has 1 aliphatic rings. The molecule has 0 fully saturated rings. The Morgan fingerprint density at radius 3 is 3.14 bits per heavy atom. The molecule has 1 aromatic carbocycles. The molecule has 2 rings (SSSR count). The van der Waals surface area contributed by atoms with Gasteiger partial charge >= 0.3 is 0 Å². The Labute approximate surface area is 88.9 Å². The number of carbonyl (C=O) groups is 1. The number of thioether (sulfide) groups is 1. The number of rotatable bonds is 2. The summed E-state index contributed by atoms with van der Waals surface area (Å²) in [6.07, 6.45) is 2.97. The highest BCUT2D eigenvalue weighted by molar-refractivity contribution is 7.99. The minimum atomic E-state index is 0.253. The minimum Gasteiger partial charge on any atom is -0.294 e. The molecule has 74 valence electrons. The van der Waals surface area contributed by atoms with E-state index in [-0.39, 0.29) is 5.78 Å². The van der Waals surface area contributed by atoms with Gasteiger partial charge in [0.25, 0.3) is 0 Å². The van der Waals surface area contributed by atoms with Crippen LogP contribution in [-0.2, 0) is 6.42 Å². The number of hydrogen-bond donors (Lipinski definition) is 0. The minimum absolute atomic E-state index is 0.253. The van der Waals surface area contributed by atoms with E-state index in [1.807, 2.05) is 24.8 Å². The molecule has 1 heterocycles. The Morgan fingerprint density at radius 1 is 1.50 bits per heavy atom. The van der Waals surface area contributed by atoms with Gasteiger partial charge in [-0.05, 0) is 36.3 Å². The molecule has 1 nitrogen and oxygen atoms in total. The van der Waals surface area contributed by atoms with Crippen molar-refractivity contribution in [3.8, 4) is 0 Å². The van der Waals surface area contributed by atoms with Crippen molar-refractivity contribution in [2.75, 3.05) is 5.75 Å². The Balaban J connectivity index is 2.33. The monoisotopic (exact) mass is 206 g/mol. The Hall–Kier alpha value is -0.760. The quantitative estimate of drug-likeness (QED) is 0.690. The highest BCUT2D eigenvalue weighted by Crippen LogP contribution is 2.30. The van der Waals surface area contributed by atoms with Crippen molar-refractivity contribution in [1.82, 2.24) is 0 Å². The predicted molar refractivity (Wildman–Crippen MR) is 60.1 cm³/mol. The van der Waals surface area contributed by atoms with Crippen molar-refractivity contribution in [1.29, 1.82) is 0 Å². The van der Waals surface area contributed by atoms with E-state index in [1.54, 1.807) is 0 Å². The first-order chi connectivity index (χ1) is 6.81. The molecule has 0 saturated heterocycles. The smallest absolute Gasteiger partial charge is 0.162 e. The van der Waals surface area contributed by atoms with Gasteiger partial charge in [0.15, 0.2) is 5.78 Å². The van der Waals surface area contributed by atoms with E-state index >= 15 is 0 Å². The highest BCUT2D eigenvalue weighted by Gasteiger charge is 2.11. The summed E-state index contributed by atoms with van der Waals surface area (Å²) < 4.78 is 0. The zero-order valence-corrected chi connectivity index (χ0v) is 9.19. The molecule has 1 aromatic rings. The first-order valence-electron chi connectivity index (χ1n) is 5.10. The Kier molecular flexibility index (Phi) is 2.92. The molecular formula is C12H14OS. The molecule has 0 atom stereocenters. The topological polar surface area (TPSA) is 17.1 Å². The third-order valence-corrected chi connectivity index (χ3v) is 3.75. The lowest BCUT2D eigenvalue weighted by atomic mass is 10.0. The van der Waals surface area contributed by atoms with Crippen LogP contribution in [0.15, 0.2) is 23.1 Å². The van der Waals surface area contributed by atoms with Gasteiger partial charge in [0, 0.05) is 16.9 Å². The third kappa shape index (κ3) is 1.85. The second-order valence-corrected chi connectivity index (χ2v) is 4.69. The van der Waals surface area contributed by atoms with Crippen LogP contribution in [0.3, 0.4) is 0 Å². The summed E-state index contributed by atoms with van der Waals surface area (Å²) in [6.45, 7) is 1.91. The number of carbonyl (C=O) groups excluding carboxylic acids is 1. The van der Waals surface area contributed by atoms with Crippen LogP contribution >= 0.6 is 11.8 Å². The fourth-order valence-corrected chi connectivity index (χ4v) is 2.76. The van der Waals surface area contributed by atoms with E-state index in [9.17, 15) is 4.79 Å². The second-order valence-electron chi connectivity index (χ2n) is 3.55. The summed E-state index contributed by atoms with van der Waals surface area (Å²) >= 11 is 1.91. The van der Waals surface area contributed by atoms with Crippen molar-refractivity contribution in [2.45, 2.75) is 31.1 Å². The average molecular weight is 206 g/mol. The van der Waals surface area contributed by atoms with Crippen molar-refractivity contribution in [2.24, 2.45) is 0 Å². The second kappa shape index (κ2) is 4.18. The standard InChI is InChI=1S/C12H14OS/c1-2-11(13)9-5-6-12-10(8-9)4-3-7-14-12/h5-6,8H,2-4,7H2,1H3. The van der Waals surface area contributed by atoms with E-state index in [0.29, 0.717) is 6.42 Å². The van der Waals surface area contributed by atoms with Crippen molar-refractivity contribution < 1.29 is 4.79 Å². The first kappa shape index (κ1) is 9.78. The van der Waals surface area contributed by atoms with Crippen LogP contribution in [0.2, 0.25) is 0 Å². The van der Waals surface area contributed by atoms with Gasteiger partial charge in [-0.1, -0.05) is 13.0 Å². The fourth-order valence-electron chi connectivity index (χ4n) is 1.74. The van der Waals surface area contributed by atoms with Crippen LogP contribution in [0.4, 0.5) is 0 Å². The summed E-state index contributed by atoms with van der Waals surface area (Å²) in [5.74, 6) is 1.47. The van der Waals surface area contributed by atoms with Crippen LogP contribution in [0.5, 0.6) is 0 Å². The van der Waals surface area contributed by atoms with Gasteiger partial charge in [-0.2, -0.15) is 0 Å². The Bertz CT molecular complexity index is 357. The number of ketones is 1. The lowest BCUT2D eigenvalue weighted by Crippen LogP contribution is -2.02. The van der Waals surface area contributed by atoms with E-state index in [2.05, 4.69) is 12.1 Å². The van der Waals surface area contributed by atoms with Gasteiger partial charge in [-0.15, -0.1) is 11.8 Å². The zero-order valence-electron chi connectivity index (χ0n) is 8.38. The average Bonchev–Trinajstić information content (AvgIpc) is 2.27. The maximum atomic E-state index is 11.5. The van der Waals surface area contributed by atoms with Crippen LogP contribution in [0.1, 0.15) is 35.7 Å². The van der Waals surface area contributed by atoms with Gasteiger partial charge in [-0.3, -0.25) is 4.79 Å².